The van der Waals surface area contributed by atoms with E-state index < -0.39 is 17.9 Å². The minimum Gasteiger partial charge on any atom is -0.545 e. The van der Waals surface area contributed by atoms with Crippen molar-refractivity contribution in [1.82, 2.24) is 0 Å². The number of rotatable bonds is 3. The first-order valence-corrected chi connectivity index (χ1v) is 8.13. The number of para-hydroxylation sites is 3. The second-order valence-corrected chi connectivity index (χ2v) is 5.41. The summed E-state index contributed by atoms with van der Waals surface area (Å²) in [5.41, 5.74) is -0.535. The van der Waals surface area contributed by atoms with Crippen molar-refractivity contribution in [3.8, 4) is 17.2 Å². The normalized spacial score (nSPS) is 8.90. The maximum atomic E-state index is 10.2. The van der Waals surface area contributed by atoms with Crippen LogP contribution in [0.5, 0.6) is 17.2 Å². The average Bonchev–Trinajstić information content (AvgIpc) is 2.69. The molecule has 3 N–H and O–H groups in total. The molecule has 0 spiro atoms. The number of aromatic carboxylic acids is 3. The number of carbonyl (C=O) groups is 3. The van der Waals surface area contributed by atoms with Gasteiger partial charge in [-0.25, -0.2) is 0 Å². The molecule has 31 heavy (non-hydrogen) atoms. The van der Waals surface area contributed by atoms with Crippen molar-refractivity contribution >= 4 is 17.9 Å². The van der Waals surface area contributed by atoms with Crippen LogP contribution in [-0.2, 0) is 18.6 Å². The Labute approximate surface area is 188 Å². The van der Waals surface area contributed by atoms with Crippen LogP contribution < -0.4 is 15.3 Å². The Morgan fingerprint density at radius 3 is 0.806 bits per heavy atom. The first-order valence-electron chi connectivity index (χ1n) is 8.13. The van der Waals surface area contributed by atoms with Gasteiger partial charge in [-0.15, -0.1) is 0 Å². The zero-order valence-corrected chi connectivity index (χ0v) is 17.1. The minimum absolute atomic E-state index is 0. The molecule has 9 nitrogen and oxygen atoms in total. The second-order valence-electron chi connectivity index (χ2n) is 5.41. The number of carbonyl (C=O) groups excluding carboxylic acids is 3. The van der Waals surface area contributed by atoms with Gasteiger partial charge in [0.05, 0.1) is 17.9 Å². The molecule has 3 aromatic carbocycles. The molecule has 0 aliphatic carbocycles. The van der Waals surface area contributed by atoms with Gasteiger partial charge in [-0.05, 0) is 36.4 Å². The van der Waals surface area contributed by atoms with Crippen molar-refractivity contribution in [3.05, 3.63) is 89.5 Å². The third kappa shape index (κ3) is 8.94. The standard InChI is InChI=1S/3C7H6O3.V/c3*8-6-4-2-1-3-5(6)7(9)10;/h3*1-4,8H,(H,9,10);/q;;;+3/p-3. The Morgan fingerprint density at radius 2 is 0.677 bits per heavy atom. The first-order chi connectivity index (χ1) is 14.1. The van der Waals surface area contributed by atoms with E-state index in [4.69, 9.17) is 15.3 Å². The number of phenols is 3. The monoisotopic (exact) mass is 462 g/mol. The van der Waals surface area contributed by atoms with Crippen molar-refractivity contribution in [1.29, 1.82) is 0 Å². The molecule has 0 unspecified atom stereocenters. The minimum atomic E-state index is -1.36. The summed E-state index contributed by atoms with van der Waals surface area (Å²) in [4.78, 5) is 30.5. The molecule has 158 valence electrons. The third-order valence-electron chi connectivity index (χ3n) is 3.37. The average molecular weight is 462 g/mol. The first kappa shape index (κ1) is 27.1. The quantitative estimate of drug-likeness (QED) is 0.452. The summed E-state index contributed by atoms with van der Waals surface area (Å²) in [5, 5.41) is 57.0. The van der Waals surface area contributed by atoms with Gasteiger partial charge in [-0.3, -0.25) is 0 Å². The van der Waals surface area contributed by atoms with Gasteiger partial charge in [0.2, 0.25) is 0 Å². The third-order valence-corrected chi connectivity index (χ3v) is 3.37. The van der Waals surface area contributed by atoms with Crippen LogP contribution in [0.3, 0.4) is 0 Å². The van der Waals surface area contributed by atoms with Crippen LogP contribution in [0, 0.1) is 0 Å². The molecule has 3 aromatic rings. The molecule has 0 atom stereocenters. The summed E-state index contributed by atoms with van der Waals surface area (Å²) in [6.45, 7) is 0. The predicted octanol–water partition coefficient (Wildman–Crippen LogP) is -0.735. The number of aromatic hydroxyl groups is 3. The van der Waals surface area contributed by atoms with Crippen LogP contribution in [0.1, 0.15) is 31.1 Å². The zero-order chi connectivity index (χ0) is 22.7. The van der Waals surface area contributed by atoms with E-state index >= 15 is 0 Å². The van der Waals surface area contributed by atoms with E-state index in [9.17, 15) is 29.7 Å². The fourth-order valence-corrected chi connectivity index (χ4v) is 1.94. The number of hydrogen-bond donors (Lipinski definition) is 3. The summed E-state index contributed by atoms with van der Waals surface area (Å²) >= 11 is 0. The van der Waals surface area contributed by atoms with E-state index in [1.54, 1.807) is 18.2 Å². The van der Waals surface area contributed by atoms with Crippen LogP contribution >= 0.6 is 0 Å². The van der Waals surface area contributed by atoms with Crippen molar-refractivity contribution in [2.24, 2.45) is 0 Å². The van der Waals surface area contributed by atoms with Crippen molar-refractivity contribution in [2.45, 2.75) is 0 Å². The van der Waals surface area contributed by atoms with Gasteiger partial charge in [0.1, 0.15) is 17.2 Å². The number of benzene rings is 3. The molecule has 0 aromatic heterocycles. The van der Waals surface area contributed by atoms with Gasteiger partial charge in [-0.2, -0.15) is 0 Å². The predicted molar refractivity (Wildman–Crippen MR) is 97.3 cm³/mol. The van der Waals surface area contributed by atoms with Crippen LogP contribution in [0.15, 0.2) is 72.8 Å². The van der Waals surface area contributed by atoms with Gasteiger partial charge in [0, 0.05) is 16.7 Å². The van der Waals surface area contributed by atoms with Gasteiger partial charge < -0.3 is 45.0 Å². The Bertz CT molecular complexity index is 903. The summed E-state index contributed by atoms with van der Waals surface area (Å²) < 4.78 is 0. The SMILES string of the molecule is O=C([O-])c1ccccc1O.O=C([O-])c1ccccc1O.O=C([O-])c1ccccc1O.[V+3]. The fraction of sp³-hybridized carbons (Fsp3) is 0. The van der Waals surface area contributed by atoms with Crippen LogP contribution in [-0.4, -0.2) is 33.2 Å². The molecule has 0 aliphatic rings. The summed E-state index contributed by atoms with van der Waals surface area (Å²) in [5.74, 6) is -4.87. The Balaban J connectivity index is 0.000000429. The van der Waals surface area contributed by atoms with Crippen molar-refractivity contribution < 1.29 is 63.6 Å². The molecule has 0 amide bonds. The molecule has 0 fully saturated rings. The van der Waals surface area contributed by atoms with Crippen LogP contribution in [0.4, 0.5) is 0 Å². The van der Waals surface area contributed by atoms with Crippen molar-refractivity contribution in [3.63, 3.8) is 0 Å². The van der Waals surface area contributed by atoms with E-state index in [0.717, 1.165) is 0 Å². The Hall–Kier alpha value is -3.95. The molecule has 0 saturated carbocycles. The van der Waals surface area contributed by atoms with Crippen molar-refractivity contribution in [2.75, 3.05) is 0 Å². The van der Waals surface area contributed by atoms with E-state index in [1.807, 2.05) is 0 Å². The summed E-state index contributed by atoms with van der Waals surface area (Å²) in [6.07, 6.45) is 0. The van der Waals surface area contributed by atoms with Gasteiger partial charge in [-0.1, -0.05) is 36.4 Å². The van der Waals surface area contributed by atoms with Gasteiger partial charge >= 0.3 is 18.6 Å². The molecule has 0 radical (unpaired) electrons. The molecule has 10 heteroatoms. The number of carboxylic acids is 3. The van der Waals surface area contributed by atoms with Crippen LogP contribution in [0.25, 0.3) is 0 Å². The summed E-state index contributed by atoms with van der Waals surface area (Å²) in [7, 11) is 0. The molecular weight excluding hydrogens is 447 g/mol. The number of hydrogen-bond acceptors (Lipinski definition) is 9. The molecule has 0 heterocycles. The topological polar surface area (TPSA) is 181 Å². The zero-order valence-electron chi connectivity index (χ0n) is 15.7. The largest absolute Gasteiger partial charge is 3.00 e. The van der Waals surface area contributed by atoms with E-state index in [0.29, 0.717) is 0 Å². The number of carboxylic acid groups (broad SMARTS) is 3. The molecule has 0 aliphatic heterocycles. The Kier molecular flexibility index (Phi) is 11.6. The van der Waals surface area contributed by atoms with E-state index in [2.05, 4.69) is 0 Å². The van der Waals surface area contributed by atoms with E-state index in [1.165, 1.54) is 54.6 Å². The maximum absolute atomic E-state index is 10.2. The van der Waals surface area contributed by atoms with E-state index in [-0.39, 0.29) is 52.5 Å². The molecule has 3 rings (SSSR count). The molecule has 0 bridgehead atoms. The smallest absolute Gasteiger partial charge is 0.545 e. The van der Waals surface area contributed by atoms with Gasteiger partial charge in [0.15, 0.2) is 0 Å². The summed E-state index contributed by atoms with van der Waals surface area (Å²) in [6, 6.07) is 16.9. The molecule has 0 saturated heterocycles. The second kappa shape index (κ2) is 13.3. The van der Waals surface area contributed by atoms with Crippen LogP contribution in [0.2, 0.25) is 0 Å². The fourth-order valence-electron chi connectivity index (χ4n) is 1.94. The molecular formula is C21H15O9V. The Morgan fingerprint density at radius 1 is 0.484 bits per heavy atom. The van der Waals surface area contributed by atoms with Gasteiger partial charge in [0.25, 0.3) is 0 Å². The maximum Gasteiger partial charge on any atom is 3.00 e.